The third-order valence-corrected chi connectivity index (χ3v) is 7.03. The second-order valence-electron chi connectivity index (χ2n) is 9.27. The van der Waals surface area contributed by atoms with Gasteiger partial charge in [0.25, 0.3) is 0 Å². The molecule has 0 saturated carbocycles. The van der Waals surface area contributed by atoms with Crippen LogP contribution in [-0.4, -0.2) is 32.2 Å². The van der Waals surface area contributed by atoms with Crippen LogP contribution in [0, 0.1) is 20.8 Å². The topological polar surface area (TPSA) is 75.6 Å². The van der Waals surface area contributed by atoms with Crippen molar-refractivity contribution in [2.24, 2.45) is 7.05 Å². The highest BCUT2D eigenvalue weighted by molar-refractivity contribution is 5.85. The maximum Gasteiger partial charge on any atom is 0.220 e. The van der Waals surface area contributed by atoms with Crippen LogP contribution in [0.15, 0.2) is 60.8 Å². The van der Waals surface area contributed by atoms with Gasteiger partial charge in [0.1, 0.15) is 0 Å². The van der Waals surface area contributed by atoms with Crippen LogP contribution in [-0.2, 0) is 18.3 Å². The van der Waals surface area contributed by atoms with Gasteiger partial charge in [0.15, 0.2) is 5.65 Å². The van der Waals surface area contributed by atoms with E-state index in [0.29, 0.717) is 19.4 Å². The van der Waals surface area contributed by atoms with E-state index in [2.05, 4.69) is 58.9 Å². The summed E-state index contributed by atoms with van der Waals surface area (Å²) in [5.41, 5.74) is 8.64. The Kier molecular flexibility index (Phi) is 6.12. The van der Waals surface area contributed by atoms with Crippen molar-refractivity contribution in [2.45, 2.75) is 39.5 Å². The first-order valence-corrected chi connectivity index (χ1v) is 12.1. The molecule has 5 rings (SSSR count). The molecule has 3 heterocycles. The summed E-state index contributed by atoms with van der Waals surface area (Å²) in [6, 6.07) is 18.7. The standard InChI is InChI=1S/C29H31N5O/c1-18-22(19(2)32-29-28(18)20(3)33-34(29)4)14-15-27(35)31-16-24(21-10-6-5-7-11-21)25-17-30-26-13-9-8-12-23(25)26/h5-13,17,24,30H,14-16H2,1-4H3,(H,31,35). The minimum absolute atomic E-state index is 0.0487. The fraction of sp³-hybridized carbons (Fsp3) is 0.276. The monoisotopic (exact) mass is 465 g/mol. The molecule has 0 aliphatic carbocycles. The molecule has 0 radical (unpaired) electrons. The summed E-state index contributed by atoms with van der Waals surface area (Å²) in [6.45, 7) is 6.69. The molecule has 178 valence electrons. The van der Waals surface area contributed by atoms with E-state index < -0.39 is 0 Å². The van der Waals surface area contributed by atoms with Crippen LogP contribution in [0.25, 0.3) is 21.9 Å². The summed E-state index contributed by atoms with van der Waals surface area (Å²) in [5, 5.41) is 10.0. The summed E-state index contributed by atoms with van der Waals surface area (Å²) in [7, 11) is 1.92. The second kappa shape index (κ2) is 9.37. The number of benzene rings is 2. The van der Waals surface area contributed by atoms with Crippen LogP contribution in [0.2, 0.25) is 0 Å². The summed E-state index contributed by atoms with van der Waals surface area (Å²) >= 11 is 0. The van der Waals surface area contributed by atoms with Crippen molar-refractivity contribution in [3.63, 3.8) is 0 Å². The minimum atomic E-state index is 0.0487. The smallest absolute Gasteiger partial charge is 0.220 e. The molecular formula is C29H31N5O. The number of nitrogens with zero attached hydrogens (tertiary/aromatic N) is 3. The first-order valence-electron chi connectivity index (χ1n) is 12.1. The van der Waals surface area contributed by atoms with Crippen LogP contribution in [0.3, 0.4) is 0 Å². The summed E-state index contributed by atoms with van der Waals surface area (Å²) in [6.07, 6.45) is 3.14. The van der Waals surface area contributed by atoms with Crippen LogP contribution >= 0.6 is 0 Å². The van der Waals surface area contributed by atoms with Gasteiger partial charge < -0.3 is 10.3 Å². The number of H-pyrrole nitrogens is 1. The Morgan fingerprint density at radius 3 is 2.57 bits per heavy atom. The lowest BCUT2D eigenvalue weighted by molar-refractivity contribution is -0.121. The highest BCUT2D eigenvalue weighted by atomic mass is 16.1. The lowest BCUT2D eigenvalue weighted by atomic mass is 9.91. The van der Waals surface area contributed by atoms with Crippen molar-refractivity contribution in [3.05, 3.63) is 94.4 Å². The molecule has 0 spiro atoms. The number of aromatic nitrogens is 4. The zero-order valence-corrected chi connectivity index (χ0v) is 20.7. The van der Waals surface area contributed by atoms with Crippen LogP contribution in [0.1, 0.15) is 46.0 Å². The van der Waals surface area contributed by atoms with Gasteiger partial charge in [-0.15, -0.1) is 0 Å². The molecular weight excluding hydrogens is 434 g/mol. The molecule has 5 aromatic rings. The summed E-state index contributed by atoms with van der Waals surface area (Å²) in [4.78, 5) is 21.1. The molecule has 0 saturated heterocycles. The van der Waals surface area contributed by atoms with Crippen LogP contribution in [0.4, 0.5) is 0 Å². The second-order valence-corrected chi connectivity index (χ2v) is 9.27. The van der Waals surface area contributed by atoms with Gasteiger partial charge in [-0.1, -0.05) is 48.5 Å². The van der Waals surface area contributed by atoms with E-state index in [1.165, 1.54) is 22.1 Å². The first-order chi connectivity index (χ1) is 16.9. The molecule has 6 heteroatoms. The number of pyridine rings is 1. The predicted octanol–water partition coefficient (Wildman–Crippen LogP) is 5.26. The number of carbonyl (C=O) groups excluding carboxylic acids is 1. The Morgan fingerprint density at radius 1 is 1.03 bits per heavy atom. The fourth-order valence-corrected chi connectivity index (χ4v) is 5.25. The van der Waals surface area contributed by atoms with Crippen LogP contribution < -0.4 is 5.32 Å². The number of carbonyl (C=O) groups is 1. The van der Waals surface area contributed by atoms with Crippen molar-refractivity contribution >= 4 is 27.8 Å². The summed E-state index contributed by atoms with van der Waals surface area (Å²) < 4.78 is 1.83. The molecule has 0 aliphatic heterocycles. The average molecular weight is 466 g/mol. The van der Waals surface area contributed by atoms with Gasteiger partial charge in [-0.25, -0.2) is 4.98 Å². The Balaban J connectivity index is 1.33. The highest BCUT2D eigenvalue weighted by Crippen LogP contribution is 2.30. The normalized spacial score (nSPS) is 12.3. The molecule has 2 N–H and O–H groups in total. The van der Waals surface area contributed by atoms with Gasteiger partial charge in [0, 0.05) is 54.1 Å². The third-order valence-electron chi connectivity index (χ3n) is 7.03. The zero-order chi connectivity index (χ0) is 24.5. The number of hydrogen-bond donors (Lipinski definition) is 2. The first kappa shape index (κ1) is 22.8. The molecule has 3 aromatic heterocycles. The maximum atomic E-state index is 13.0. The summed E-state index contributed by atoms with van der Waals surface area (Å²) in [5.74, 6) is 0.114. The number of aryl methyl sites for hydroxylation is 4. The average Bonchev–Trinajstić information content (AvgIpc) is 3.40. The Labute approximate surface area is 205 Å². The molecule has 6 nitrogen and oxygen atoms in total. The largest absolute Gasteiger partial charge is 0.361 e. The maximum absolute atomic E-state index is 13.0. The predicted molar refractivity (Wildman–Crippen MR) is 141 cm³/mol. The third kappa shape index (κ3) is 4.32. The van der Waals surface area contributed by atoms with E-state index in [0.717, 1.165) is 33.5 Å². The molecule has 0 fully saturated rings. The number of para-hydroxylation sites is 1. The van der Waals surface area contributed by atoms with Crippen molar-refractivity contribution in [1.82, 2.24) is 25.1 Å². The molecule has 1 atom stereocenters. The number of aromatic amines is 1. The van der Waals surface area contributed by atoms with E-state index in [-0.39, 0.29) is 11.8 Å². The van der Waals surface area contributed by atoms with Gasteiger partial charge in [0.2, 0.25) is 5.91 Å². The molecule has 2 aromatic carbocycles. The van der Waals surface area contributed by atoms with Gasteiger partial charge in [-0.2, -0.15) is 5.10 Å². The SMILES string of the molecule is Cc1nc2c(c(C)nn2C)c(C)c1CCC(=O)NCC(c1ccccc1)c1c[nH]c2ccccc12. The lowest BCUT2D eigenvalue weighted by Gasteiger charge is -2.18. The van der Waals surface area contributed by atoms with E-state index >= 15 is 0 Å². The number of fused-ring (bicyclic) bond motifs is 2. The van der Waals surface area contributed by atoms with E-state index in [1.807, 2.05) is 49.8 Å². The number of amides is 1. The van der Waals surface area contributed by atoms with E-state index in [1.54, 1.807) is 0 Å². The number of hydrogen-bond acceptors (Lipinski definition) is 3. The molecule has 0 aliphatic rings. The molecule has 1 unspecified atom stereocenters. The Bertz CT molecular complexity index is 1510. The van der Waals surface area contributed by atoms with E-state index in [4.69, 9.17) is 4.98 Å². The van der Waals surface area contributed by atoms with E-state index in [9.17, 15) is 4.79 Å². The van der Waals surface area contributed by atoms with Crippen molar-refractivity contribution in [2.75, 3.05) is 6.54 Å². The Morgan fingerprint density at radius 2 is 1.77 bits per heavy atom. The van der Waals surface area contributed by atoms with Crippen molar-refractivity contribution in [3.8, 4) is 0 Å². The lowest BCUT2D eigenvalue weighted by Crippen LogP contribution is -2.29. The minimum Gasteiger partial charge on any atom is -0.361 e. The van der Waals surface area contributed by atoms with Crippen molar-refractivity contribution < 1.29 is 4.79 Å². The molecule has 1 amide bonds. The van der Waals surface area contributed by atoms with Crippen molar-refractivity contribution in [1.29, 1.82) is 0 Å². The number of rotatable bonds is 7. The number of nitrogens with one attached hydrogen (secondary N) is 2. The fourth-order valence-electron chi connectivity index (χ4n) is 5.25. The van der Waals surface area contributed by atoms with Gasteiger partial charge in [-0.05, 0) is 55.5 Å². The molecule has 0 bridgehead atoms. The van der Waals surface area contributed by atoms with Gasteiger partial charge in [0.05, 0.1) is 5.69 Å². The van der Waals surface area contributed by atoms with Crippen LogP contribution in [0.5, 0.6) is 0 Å². The Hall–Kier alpha value is -3.93. The molecule has 35 heavy (non-hydrogen) atoms. The van der Waals surface area contributed by atoms with Gasteiger partial charge >= 0.3 is 0 Å². The van der Waals surface area contributed by atoms with Gasteiger partial charge in [-0.3, -0.25) is 9.48 Å². The highest BCUT2D eigenvalue weighted by Gasteiger charge is 2.20. The zero-order valence-electron chi connectivity index (χ0n) is 20.7. The quantitative estimate of drug-likeness (QED) is 0.344.